The Bertz CT molecular complexity index is 730. The lowest BCUT2D eigenvalue weighted by atomic mass is 9.86. The van der Waals surface area contributed by atoms with Crippen molar-refractivity contribution in [2.24, 2.45) is 5.92 Å². The molecule has 0 bridgehead atoms. The van der Waals surface area contributed by atoms with E-state index in [1.165, 1.54) is 5.56 Å². The van der Waals surface area contributed by atoms with Gasteiger partial charge in [-0.15, -0.1) is 0 Å². The lowest BCUT2D eigenvalue weighted by molar-refractivity contribution is -0.155. The van der Waals surface area contributed by atoms with E-state index in [1.54, 1.807) is 6.92 Å². The number of Topliss-reactive ketones (excluding diaryl/α,β-unsaturated/α-hetero) is 1. The van der Waals surface area contributed by atoms with Gasteiger partial charge in [0.05, 0.1) is 12.6 Å². The molecule has 2 unspecified atom stereocenters. The molecule has 4 heteroatoms. The zero-order valence-corrected chi connectivity index (χ0v) is 15.1. The Balaban J connectivity index is 1.81. The van der Waals surface area contributed by atoms with Gasteiger partial charge in [0.25, 0.3) is 0 Å². The van der Waals surface area contributed by atoms with Gasteiger partial charge in [-0.25, -0.2) is 0 Å². The SMILES string of the molecule is CCOC(=O)C1CCN(Cc2ccccc2)C(Cc2ccccc2)C1=O. The molecule has 1 fully saturated rings. The molecule has 2 aromatic rings. The molecule has 136 valence electrons. The van der Waals surface area contributed by atoms with Crippen LogP contribution < -0.4 is 0 Å². The summed E-state index contributed by atoms with van der Waals surface area (Å²) in [5.41, 5.74) is 2.28. The van der Waals surface area contributed by atoms with Crippen LogP contribution in [-0.2, 0) is 27.3 Å². The second-order valence-corrected chi connectivity index (χ2v) is 6.66. The van der Waals surface area contributed by atoms with E-state index in [0.717, 1.165) is 5.56 Å². The molecule has 4 nitrogen and oxygen atoms in total. The zero-order valence-electron chi connectivity index (χ0n) is 15.1. The molecule has 0 spiro atoms. The smallest absolute Gasteiger partial charge is 0.316 e. The van der Waals surface area contributed by atoms with Crippen molar-refractivity contribution in [2.45, 2.75) is 32.4 Å². The average Bonchev–Trinajstić information content (AvgIpc) is 2.66. The predicted molar refractivity (Wildman–Crippen MR) is 101 cm³/mol. The Hall–Kier alpha value is -2.46. The normalized spacial score (nSPS) is 20.7. The first kappa shape index (κ1) is 18.3. The molecule has 1 saturated heterocycles. The molecule has 1 heterocycles. The fourth-order valence-electron chi connectivity index (χ4n) is 3.56. The second kappa shape index (κ2) is 8.77. The largest absolute Gasteiger partial charge is 0.465 e. The van der Waals surface area contributed by atoms with Crippen molar-refractivity contribution >= 4 is 11.8 Å². The molecule has 1 aliphatic rings. The number of carbonyl (C=O) groups is 2. The van der Waals surface area contributed by atoms with Crippen LogP contribution in [0.4, 0.5) is 0 Å². The van der Waals surface area contributed by atoms with Crippen molar-refractivity contribution in [1.82, 2.24) is 4.90 Å². The third-order valence-electron chi connectivity index (χ3n) is 4.89. The van der Waals surface area contributed by atoms with E-state index in [9.17, 15) is 9.59 Å². The molecule has 0 aliphatic carbocycles. The first-order chi connectivity index (χ1) is 12.7. The lowest BCUT2D eigenvalue weighted by Gasteiger charge is -2.37. The Morgan fingerprint density at radius 1 is 1.04 bits per heavy atom. The number of ether oxygens (including phenoxy) is 1. The van der Waals surface area contributed by atoms with Gasteiger partial charge in [0, 0.05) is 13.1 Å². The van der Waals surface area contributed by atoms with Crippen LogP contribution in [0.25, 0.3) is 0 Å². The van der Waals surface area contributed by atoms with Gasteiger partial charge in [-0.1, -0.05) is 60.7 Å². The third kappa shape index (κ3) is 4.38. The van der Waals surface area contributed by atoms with Crippen LogP contribution in [-0.4, -0.2) is 35.8 Å². The molecule has 0 N–H and O–H groups in total. The van der Waals surface area contributed by atoms with Gasteiger partial charge in [0.1, 0.15) is 5.92 Å². The Labute approximate surface area is 154 Å². The maximum atomic E-state index is 13.1. The van der Waals surface area contributed by atoms with Gasteiger partial charge in [-0.2, -0.15) is 0 Å². The van der Waals surface area contributed by atoms with Crippen LogP contribution in [0.5, 0.6) is 0 Å². The molecular formula is C22H25NO3. The van der Waals surface area contributed by atoms with E-state index < -0.39 is 5.92 Å². The number of carbonyl (C=O) groups excluding carboxylic acids is 2. The first-order valence-corrected chi connectivity index (χ1v) is 9.21. The number of likely N-dealkylation sites (tertiary alicyclic amines) is 1. The van der Waals surface area contributed by atoms with Crippen LogP contribution in [0.2, 0.25) is 0 Å². The van der Waals surface area contributed by atoms with Crippen LogP contribution in [0, 0.1) is 5.92 Å². The second-order valence-electron chi connectivity index (χ2n) is 6.66. The maximum absolute atomic E-state index is 13.1. The molecule has 0 saturated carbocycles. The fraction of sp³-hybridized carbons (Fsp3) is 0.364. The van der Waals surface area contributed by atoms with Crippen LogP contribution >= 0.6 is 0 Å². The van der Waals surface area contributed by atoms with Gasteiger partial charge in [0.15, 0.2) is 5.78 Å². The number of benzene rings is 2. The summed E-state index contributed by atoms with van der Waals surface area (Å²) < 4.78 is 5.13. The van der Waals surface area contributed by atoms with Crippen molar-refractivity contribution in [3.05, 3.63) is 71.8 Å². The highest BCUT2D eigenvalue weighted by Crippen LogP contribution is 2.25. The molecule has 2 atom stereocenters. The van der Waals surface area contributed by atoms with E-state index in [1.807, 2.05) is 48.5 Å². The molecule has 2 aromatic carbocycles. The minimum Gasteiger partial charge on any atom is -0.465 e. The summed E-state index contributed by atoms with van der Waals surface area (Å²) in [6.07, 6.45) is 1.14. The molecule has 0 amide bonds. The summed E-state index contributed by atoms with van der Waals surface area (Å²) in [6, 6.07) is 19.8. The van der Waals surface area contributed by atoms with Crippen LogP contribution in [0.3, 0.4) is 0 Å². The highest BCUT2D eigenvalue weighted by atomic mass is 16.5. The number of piperidine rings is 1. The van der Waals surface area contributed by atoms with Crippen molar-refractivity contribution < 1.29 is 14.3 Å². The molecule has 3 rings (SSSR count). The zero-order chi connectivity index (χ0) is 18.4. The van der Waals surface area contributed by atoms with Crippen molar-refractivity contribution in [1.29, 1.82) is 0 Å². The monoisotopic (exact) mass is 351 g/mol. The number of ketones is 1. The third-order valence-corrected chi connectivity index (χ3v) is 4.89. The summed E-state index contributed by atoms with van der Waals surface area (Å²) in [5, 5.41) is 0. The summed E-state index contributed by atoms with van der Waals surface area (Å²) in [5.74, 6) is -1.04. The lowest BCUT2D eigenvalue weighted by Crippen LogP contribution is -2.52. The van der Waals surface area contributed by atoms with Gasteiger partial charge >= 0.3 is 5.97 Å². The highest BCUT2D eigenvalue weighted by molar-refractivity contribution is 6.02. The quantitative estimate of drug-likeness (QED) is 0.592. The summed E-state index contributed by atoms with van der Waals surface area (Å²) in [6.45, 7) is 3.50. The van der Waals surface area contributed by atoms with Gasteiger partial charge < -0.3 is 4.74 Å². The van der Waals surface area contributed by atoms with Gasteiger partial charge in [-0.05, 0) is 30.9 Å². The highest BCUT2D eigenvalue weighted by Gasteiger charge is 2.40. The molecule has 26 heavy (non-hydrogen) atoms. The topological polar surface area (TPSA) is 46.6 Å². The average molecular weight is 351 g/mol. The maximum Gasteiger partial charge on any atom is 0.316 e. The Morgan fingerprint density at radius 3 is 2.27 bits per heavy atom. The summed E-state index contributed by atoms with van der Waals surface area (Å²) >= 11 is 0. The molecule has 0 radical (unpaired) electrons. The van der Waals surface area contributed by atoms with Gasteiger partial charge in [0.2, 0.25) is 0 Å². The van der Waals surface area contributed by atoms with E-state index in [-0.39, 0.29) is 17.8 Å². The standard InChI is InChI=1S/C22H25NO3/c1-2-26-22(25)19-13-14-23(16-18-11-7-4-8-12-18)20(21(19)24)15-17-9-5-3-6-10-17/h3-12,19-20H,2,13-16H2,1H3. The predicted octanol–water partition coefficient (Wildman–Crippen LogP) is 3.25. The number of nitrogens with zero attached hydrogens (tertiary/aromatic N) is 1. The van der Waals surface area contributed by atoms with E-state index in [4.69, 9.17) is 4.74 Å². The molecular weight excluding hydrogens is 326 g/mol. The molecule has 0 aromatic heterocycles. The fourth-order valence-corrected chi connectivity index (χ4v) is 3.56. The van der Waals surface area contributed by atoms with E-state index >= 15 is 0 Å². The summed E-state index contributed by atoms with van der Waals surface area (Å²) in [7, 11) is 0. The Kier molecular flexibility index (Phi) is 6.18. The Morgan fingerprint density at radius 2 is 1.65 bits per heavy atom. The van der Waals surface area contributed by atoms with Crippen LogP contribution in [0.15, 0.2) is 60.7 Å². The number of hydrogen-bond acceptors (Lipinski definition) is 4. The van der Waals surface area contributed by atoms with Crippen molar-refractivity contribution in [2.75, 3.05) is 13.2 Å². The number of esters is 1. The number of rotatable bonds is 6. The van der Waals surface area contributed by atoms with E-state index in [0.29, 0.717) is 32.5 Å². The van der Waals surface area contributed by atoms with Crippen molar-refractivity contribution in [3.8, 4) is 0 Å². The minimum atomic E-state index is -0.643. The van der Waals surface area contributed by atoms with Crippen LogP contribution in [0.1, 0.15) is 24.5 Å². The summed E-state index contributed by atoms with van der Waals surface area (Å²) in [4.78, 5) is 27.5. The molecule has 1 aliphatic heterocycles. The van der Waals surface area contributed by atoms with Gasteiger partial charge in [-0.3, -0.25) is 14.5 Å². The minimum absolute atomic E-state index is 0.0190. The number of hydrogen-bond donors (Lipinski definition) is 0. The van der Waals surface area contributed by atoms with E-state index in [2.05, 4.69) is 17.0 Å². The van der Waals surface area contributed by atoms with Crippen molar-refractivity contribution in [3.63, 3.8) is 0 Å². The first-order valence-electron chi connectivity index (χ1n) is 9.21.